The number of rotatable bonds is 60. The Balaban J connectivity index is 1.36. The molecule has 0 aromatic rings. The molecule has 0 saturated carbocycles. The summed E-state index contributed by atoms with van der Waals surface area (Å²) in [5, 5.41) is 121. The minimum absolute atomic E-state index is 0.246. The minimum Gasteiger partial charge on any atom is -0.394 e. The van der Waals surface area contributed by atoms with Gasteiger partial charge in [-0.1, -0.05) is 283 Å². The van der Waals surface area contributed by atoms with Crippen LogP contribution in [0.15, 0.2) is 12.2 Å². The molecule has 19 nitrogen and oxygen atoms in total. The molecule has 3 aliphatic heterocycles. The summed E-state index contributed by atoms with van der Waals surface area (Å²) < 4.78 is 34.5. The lowest BCUT2D eigenvalue weighted by Gasteiger charge is -2.48. The van der Waals surface area contributed by atoms with Crippen LogP contribution in [0.4, 0.5) is 0 Å². The summed E-state index contributed by atoms with van der Waals surface area (Å²) in [6.07, 6.45) is 35.9. The molecule has 0 spiro atoms. The van der Waals surface area contributed by atoms with Gasteiger partial charge in [-0.25, -0.2) is 0 Å². The number of carbonyl (C=O) groups excluding carboxylic acids is 1. The van der Waals surface area contributed by atoms with Crippen LogP contribution < -0.4 is 5.32 Å². The zero-order valence-corrected chi connectivity index (χ0v) is 57.8. The monoisotopic (exact) mass is 1320 g/mol. The predicted molar refractivity (Wildman–Crippen MR) is 360 cm³/mol. The van der Waals surface area contributed by atoms with Crippen LogP contribution in [0.3, 0.4) is 0 Å². The highest BCUT2D eigenvalue weighted by Gasteiger charge is 2.53. The van der Waals surface area contributed by atoms with Gasteiger partial charge in [0.15, 0.2) is 18.9 Å². The van der Waals surface area contributed by atoms with Crippen molar-refractivity contribution < 1.29 is 89.4 Å². The normalized spacial score (nSPS) is 27.7. The summed E-state index contributed by atoms with van der Waals surface area (Å²) >= 11 is 0. The number of allylic oxidation sites excluding steroid dienone is 2. The van der Waals surface area contributed by atoms with E-state index in [-0.39, 0.29) is 18.9 Å². The lowest BCUT2D eigenvalue weighted by atomic mass is 9.96. The van der Waals surface area contributed by atoms with Crippen molar-refractivity contribution in [3.8, 4) is 0 Å². The molecule has 12 N–H and O–H groups in total. The van der Waals surface area contributed by atoms with E-state index < -0.39 is 124 Å². The van der Waals surface area contributed by atoms with Crippen molar-refractivity contribution in [2.24, 2.45) is 0 Å². The van der Waals surface area contributed by atoms with Crippen molar-refractivity contribution in [2.45, 2.75) is 420 Å². The maximum absolute atomic E-state index is 13.4. The van der Waals surface area contributed by atoms with E-state index in [2.05, 4.69) is 31.3 Å². The molecule has 0 radical (unpaired) electrons. The van der Waals surface area contributed by atoms with Gasteiger partial charge in [-0.05, 0) is 38.5 Å². The van der Waals surface area contributed by atoms with Crippen LogP contribution in [0, 0.1) is 0 Å². The highest BCUT2D eigenvalue weighted by Crippen LogP contribution is 2.33. The van der Waals surface area contributed by atoms with Gasteiger partial charge < -0.3 is 89.9 Å². The third-order valence-corrected chi connectivity index (χ3v) is 19.3. The molecule has 3 aliphatic rings. The highest BCUT2D eigenvalue weighted by atomic mass is 16.8. The summed E-state index contributed by atoms with van der Waals surface area (Å²) in [6.45, 7) is 1.83. The van der Waals surface area contributed by atoms with Crippen LogP contribution in [0.1, 0.15) is 316 Å². The summed E-state index contributed by atoms with van der Waals surface area (Å²) in [5.74, 6) is -0.246. The average Bonchev–Trinajstić information content (AvgIpc) is 0.808. The molecule has 19 heteroatoms. The van der Waals surface area contributed by atoms with Crippen LogP contribution in [-0.2, 0) is 33.2 Å². The first-order valence-corrected chi connectivity index (χ1v) is 37.9. The Kier molecular flexibility index (Phi) is 51.0. The number of amides is 1. The fourth-order valence-electron chi connectivity index (χ4n) is 13.2. The largest absolute Gasteiger partial charge is 0.394 e. The van der Waals surface area contributed by atoms with E-state index in [0.717, 1.165) is 64.2 Å². The van der Waals surface area contributed by atoms with Gasteiger partial charge in [0.05, 0.1) is 38.6 Å². The second-order valence-corrected chi connectivity index (χ2v) is 27.5. The second kappa shape index (κ2) is 55.4. The van der Waals surface area contributed by atoms with E-state index in [4.69, 9.17) is 28.4 Å². The fraction of sp³-hybridized carbons (Fsp3) is 0.959. The molecule has 0 aliphatic carbocycles. The molecule has 17 atom stereocenters. The van der Waals surface area contributed by atoms with Crippen molar-refractivity contribution in [1.82, 2.24) is 5.32 Å². The van der Waals surface area contributed by atoms with Crippen molar-refractivity contribution >= 4 is 5.91 Å². The van der Waals surface area contributed by atoms with E-state index in [1.807, 2.05) is 0 Å². The van der Waals surface area contributed by atoms with Gasteiger partial charge in [-0.3, -0.25) is 4.79 Å². The maximum atomic E-state index is 13.4. The SMILES string of the molecule is CCCCCCCCC/C=C\CCCCCCCC(=O)NC(COC1OC(CO)C(OC2OC(CO)C(OC3OC(CO)C(O)C(O)C3O)C(O)C2O)C(O)C1O)C(O)CCCCCCCCCCCCCCCCCCCCCCCCCCCCCCCCC. The summed E-state index contributed by atoms with van der Waals surface area (Å²) in [7, 11) is 0. The van der Waals surface area contributed by atoms with Gasteiger partial charge in [0.25, 0.3) is 0 Å². The Morgan fingerprint density at radius 2 is 0.685 bits per heavy atom. The molecule has 3 rings (SSSR count). The smallest absolute Gasteiger partial charge is 0.220 e. The Hall–Kier alpha value is -1.47. The van der Waals surface area contributed by atoms with E-state index in [1.165, 1.54) is 218 Å². The first-order chi connectivity index (χ1) is 44.8. The van der Waals surface area contributed by atoms with Crippen molar-refractivity contribution in [3.05, 3.63) is 12.2 Å². The first-order valence-electron chi connectivity index (χ1n) is 37.9. The molecular weight excluding hydrogens is 1180 g/mol. The maximum Gasteiger partial charge on any atom is 0.220 e. The number of ether oxygens (including phenoxy) is 6. The molecule has 3 fully saturated rings. The molecule has 17 unspecified atom stereocenters. The zero-order valence-electron chi connectivity index (χ0n) is 57.8. The lowest BCUT2D eigenvalue weighted by molar-refractivity contribution is -0.379. The third kappa shape index (κ3) is 36.4. The number of nitrogens with one attached hydrogen (secondary N) is 1. The molecular formula is C73H139NO18. The Bertz CT molecular complexity index is 1720. The van der Waals surface area contributed by atoms with Crippen LogP contribution in [0.5, 0.6) is 0 Å². The number of hydrogen-bond acceptors (Lipinski definition) is 18. The molecule has 92 heavy (non-hydrogen) atoms. The average molecular weight is 1320 g/mol. The van der Waals surface area contributed by atoms with Crippen molar-refractivity contribution in [1.29, 1.82) is 0 Å². The standard InChI is InChI=1S/C73H139NO18/c1-3-5-7-9-11-13-15-17-19-21-22-23-24-25-26-27-28-29-30-31-32-33-34-35-36-38-40-42-44-46-48-50-57(78)56(74-61(79)51-49-47-45-43-41-39-37-20-18-16-14-12-10-8-6-4-2)55-87-71-67(85)64(82)69(59(53-76)89-71)92-73-68(86)65(83)70(60(54-77)90-73)91-72-66(84)63(81)62(80)58(52-75)88-72/h20,37,56-60,62-73,75-78,80-86H,3-19,21-36,38-55H2,1-2H3,(H,74,79)/b37-20-. The number of hydrogen-bond donors (Lipinski definition) is 12. The summed E-state index contributed by atoms with van der Waals surface area (Å²) in [6, 6.07) is -0.890. The first kappa shape index (κ1) is 84.8. The third-order valence-electron chi connectivity index (χ3n) is 19.3. The molecule has 544 valence electrons. The predicted octanol–water partition coefficient (Wildman–Crippen LogP) is 11.2. The molecule has 0 aromatic carbocycles. The number of aliphatic hydroxyl groups excluding tert-OH is 11. The van der Waals surface area contributed by atoms with E-state index in [9.17, 15) is 61.0 Å². The van der Waals surface area contributed by atoms with Gasteiger partial charge in [0.2, 0.25) is 5.91 Å². The number of aliphatic hydroxyl groups is 11. The second-order valence-electron chi connectivity index (χ2n) is 27.5. The fourth-order valence-corrected chi connectivity index (χ4v) is 13.2. The van der Waals surface area contributed by atoms with Gasteiger partial charge in [0, 0.05) is 6.42 Å². The molecule has 1 amide bonds. The summed E-state index contributed by atoms with van der Waals surface area (Å²) in [4.78, 5) is 13.4. The molecule has 3 saturated heterocycles. The Morgan fingerprint density at radius 1 is 0.380 bits per heavy atom. The van der Waals surface area contributed by atoms with Gasteiger partial charge in [-0.2, -0.15) is 0 Å². The van der Waals surface area contributed by atoms with E-state index in [1.54, 1.807) is 0 Å². The quantitative estimate of drug-likeness (QED) is 0.0199. The Labute approximate surface area is 556 Å². The lowest BCUT2D eigenvalue weighted by Crippen LogP contribution is -2.66. The molecule has 0 aromatic heterocycles. The van der Waals surface area contributed by atoms with Crippen LogP contribution >= 0.6 is 0 Å². The van der Waals surface area contributed by atoms with Crippen molar-refractivity contribution in [3.63, 3.8) is 0 Å². The van der Waals surface area contributed by atoms with Gasteiger partial charge in [-0.15, -0.1) is 0 Å². The van der Waals surface area contributed by atoms with Crippen molar-refractivity contribution in [2.75, 3.05) is 26.4 Å². The van der Waals surface area contributed by atoms with E-state index in [0.29, 0.717) is 12.8 Å². The number of unbranched alkanes of at least 4 members (excludes halogenated alkanes) is 42. The van der Waals surface area contributed by atoms with Crippen LogP contribution in [0.2, 0.25) is 0 Å². The highest BCUT2D eigenvalue weighted by molar-refractivity contribution is 5.76. The van der Waals surface area contributed by atoms with Gasteiger partial charge in [0.1, 0.15) is 73.2 Å². The topological polar surface area (TPSA) is 307 Å². The minimum atomic E-state index is -1.97. The van der Waals surface area contributed by atoms with Crippen LogP contribution in [0.25, 0.3) is 0 Å². The Morgan fingerprint density at radius 3 is 1.05 bits per heavy atom. The van der Waals surface area contributed by atoms with Crippen LogP contribution in [-0.4, -0.2) is 193 Å². The summed E-state index contributed by atoms with van der Waals surface area (Å²) in [5.41, 5.74) is 0. The van der Waals surface area contributed by atoms with E-state index >= 15 is 0 Å². The molecule has 3 heterocycles. The number of carbonyl (C=O) groups is 1. The van der Waals surface area contributed by atoms with Gasteiger partial charge >= 0.3 is 0 Å². The molecule has 0 bridgehead atoms. The zero-order chi connectivity index (χ0) is 66.8.